The summed E-state index contributed by atoms with van der Waals surface area (Å²) in [4.78, 5) is 12.9. The van der Waals surface area contributed by atoms with E-state index in [2.05, 4.69) is 84.2 Å². The van der Waals surface area contributed by atoms with Crippen molar-refractivity contribution < 1.29 is 3.89 Å². The number of aliphatic imine (C=N–C) groups is 2. The maximum absolute atomic E-state index is 13.5. The molecule has 0 amide bonds. The molecule has 0 saturated carbocycles. The van der Waals surface area contributed by atoms with E-state index in [0.717, 1.165) is 60.7 Å². The van der Waals surface area contributed by atoms with Gasteiger partial charge in [0.05, 0.1) is 33.3 Å². The number of hydrogen-bond donors (Lipinski definition) is 1. The molecule has 2 aromatic carbocycles. The van der Waals surface area contributed by atoms with Crippen LogP contribution in [0.5, 0.6) is 0 Å². The zero-order valence-electron chi connectivity index (χ0n) is 23.2. The van der Waals surface area contributed by atoms with Crippen molar-refractivity contribution in [3.05, 3.63) is 99.6 Å². The Labute approximate surface area is 240 Å². The second-order valence-corrected chi connectivity index (χ2v) is 11.6. The lowest BCUT2D eigenvalue weighted by molar-refractivity contribution is 0.253. The van der Waals surface area contributed by atoms with E-state index in [9.17, 15) is 3.89 Å². The third-order valence-electron chi connectivity index (χ3n) is 7.12. The van der Waals surface area contributed by atoms with Crippen molar-refractivity contribution in [2.45, 2.75) is 33.6 Å². The molecular formula is C32H37FN4S2. The van der Waals surface area contributed by atoms with Crippen molar-refractivity contribution >= 4 is 51.2 Å². The Morgan fingerprint density at radius 1 is 1.15 bits per heavy atom. The summed E-state index contributed by atoms with van der Waals surface area (Å²) in [6.45, 7) is 13.3. The van der Waals surface area contributed by atoms with Gasteiger partial charge < -0.3 is 10.2 Å². The Bertz CT molecular complexity index is 1390. The van der Waals surface area contributed by atoms with Gasteiger partial charge in [-0.15, -0.1) is 11.3 Å². The number of hydrogen-bond acceptors (Lipinski definition) is 6. The first-order valence-corrected chi connectivity index (χ1v) is 14.8. The highest BCUT2D eigenvalue weighted by Gasteiger charge is 2.21. The van der Waals surface area contributed by atoms with E-state index in [-0.39, 0.29) is 12.1 Å². The summed E-state index contributed by atoms with van der Waals surface area (Å²) in [6.07, 6.45) is 5.82. The van der Waals surface area contributed by atoms with Crippen LogP contribution < -0.4 is 5.32 Å². The molecule has 0 radical (unpaired) electrons. The lowest BCUT2D eigenvalue weighted by atomic mass is 9.96. The van der Waals surface area contributed by atoms with Crippen molar-refractivity contribution in [2.24, 2.45) is 15.9 Å². The first-order valence-electron chi connectivity index (χ1n) is 13.3. The molecular weight excluding hydrogens is 524 g/mol. The van der Waals surface area contributed by atoms with Crippen molar-refractivity contribution in [2.75, 3.05) is 26.7 Å². The van der Waals surface area contributed by atoms with Crippen molar-refractivity contribution in [1.82, 2.24) is 10.2 Å². The van der Waals surface area contributed by atoms with Gasteiger partial charge in [-0.3, -0.25) is 9.98 Å². The molecule has 1 saturated heterocycles. The molecule has 0 atom stereocenters. The van der Waals surface area contributed by atoms with Crippen LogP contribution in [-0.4, -0.2) is 43.5 Å². The summed E-state index contributed by atoms with van der Waals surface area (Å²) in [6, 6.07) is 18.9. The second-order valence-electron chi connectivity index (χ2n) is 9.96. The van der Waals surface area contributed by atoms with E-state index in [1.165, 1.54) is 21.2 Å². The number of fused-ring (bicyclic) bond motifs is 1. The summed E-state index contributed by atoms with van der Waals surface area (Å²) in [5, 5.41) is 4.92. The van der Waals surface area contributed by atoms with Crippen LogP contribution in [0.25, 0.3) is 15.8 Å². The van der Waals surface area contributed by atoms with Gasteiger partial charge in [0.15, 0.2) is 0 Å². The number of nitrogens with zero attached hydrogens (tertiary/aromatic N) is 3. The molecule has 0 spiro atoms. The Morgan fingerprint density at radius 3 is 2.56 bits per heavy atom. The van der Waals surface area contributed by atoms with E-state index in [1.807, 2.05) is 30.4 Å². The van der Waals surface area contributed by atoms with Crippen LogP contribution in [-0.2, 0) is 0 Å². The minimum Gasteiger partial charge on any atom is -0.388 e. The molecule has 2 heterocycles. The number of aryl methyl sites for hydroxylation is 1. The number of thiophene rings is 1. The number of likely N-dealkylation sites (tertiary alicyclic amines) is 1. The van der Waals surface area contributed by atoms with Gasteiger partial charge in [-0.05, 0) is 68.7 Å². The number of allylic oxidation sites excluding steroid dienone is 4. The molecule has 1 fully saturated rings. The standard InChI is InChI=1S/C32H37FN4S2/c1-22-10-6-8-12-28(22)29(36-24(3)32(39-33)21-34-5)18-23(2)35-20-26-14-16-37(17-15-26)25(4)31-19-27-11-7-9-13-30(27)38-31/h6-13,18-19,21,26,35H,4,14-17,20H2,1-3,5H3/b23-18+,32-24-,34-21?,36-29+. The fourth-order valence-corrected chi connectivity index (χ4v) is 6.16. The van der Waals surface area contributed by atoms with Crippen LogP contribution >= 0.6 is 23.5 Å². The molecule has 0 aliphatic carbocycles. The Morgan fingerprint density at radius 2 is 1.87 bits per heavy atom. The molecule has 0 unspecified atom stereocenters. The molecule has 204 valence electrons. The molecule has 1 N–H and O–H groups in total. The molecule has 4 nitrogen and oxygen atoms in total. The van der Waals surface area contributed by atoms with Crippen LogP contribution in [0.4, 0.5) is 3.89 Å². The van der Waals surface area contributed by atoms with Crippen molar-refractivity contribution in [3.8, 4) is 0 Å². The van der Waals surface area contributed by atoms with Gasteiger partial charge >= 0.3 is 0 Å². The van der Waals surface area contributed by atoms with Crippen LogP contribution in [0.3, 0.4) is 0 Å². The van der Waals surface area contributed by atoms with Crippen LogP contribution in [0.2, 0.25) is 0 Å². The maximum atomic E-state index is 13.5. The summed E-state index contributed by atoms with van der Waals surface area (Å²) < 4.78 is 14.8. The molecule has 3 aromatic rings. The van der Waals surface area contributed by atoms with E-state index in [4.69, 9.17) is 4.99 Å². The normalized spacial score (nSPS) is 16.2. The van der Waals surface area contributed by atoms with Gasteiger partial charge in [-0.25, -0.2) is 0 Å². The van der Waals surface area contributed by atoms with E-state index in [1.54, 1.807) is 7.05 Å². The topological polar surface area (TPSA) is 40.0 Å². The molecule has 39 heavy (non-hydrogen) atoms. The third kappa shape index (κ3) is 7.49. The largest absolute Gasteiger partial charge is 0.388 e. The zero-order valence-corrected chi connectivity index (χ0v) is 24.8. The molecule has 0 bridgehead atoms. The second kappa shape index (κ2) is 13.8. The van der Waals surface area contributed by atoms with E-state index >= 15 is 0 Å². The zero-order chi connectivity index (χ0) is 27.8. The number of rotatable bonds is 10. The predicted octanol–water partition coefficient (Wildman–Crippen LogP) is 8.42. The van der Waals surface area contributed by atoms with E-state index in [0.29, 0.717) is 16.5 Å². The van der Waals surface area contributed by atoms with E-state index < -0.39 is 0 Å². The van der Waals surface area contributed by atoms with Crippen molar-refractivity contribution in [3.63, 3.8) is 0 Å². The minimum absolute atomic E-state index is 0.171. The maximum Gasteiger partial charge on any atom is 0.0847 e. The highest BCUT2D eigenvalue weighted by atomic mass is 32.2. The van der Waals surface area contributed by atoms with Gasteiger partial charge in [0.25, 0.3) is 0 Å². The fraction of sp³-hybridized carbons (Fsp3) is 0.312. The highest BCUT2D eigenvalue weighted by Crippen LogP contribution is 2.33. The van der Waals surface area contributed by atoms with Gasteiger partial charge in [0.2, 0.25) is 0 Å². The van der Waals surface area contributed by atoms with Gasteiger partial charge in [-0.2, -0.15) is 3.89 Å². The molecule has 7 heteroatoms. The first-order chi connectivity index (χ1) is 18.9. The summed E-state index contributed by atoms with van der Waals surface area (Å²) in [7, 11) is 1.63. The molecule has 1 aliphatic heterocycles. The smallest absolute Gasteiger partial charge is 0.0847 e. The number of nitrogens with one attached hydrogen (secondary N) is 1. The summed E-state index contributed by atoms with van der Waals surface area (Å²) >= 11 is 1.99. The highest BCUT2D eigenvalue weighted by molar-refractivity contribution is 7.99. The van der Waals surface area contributed by atoms with Gasteiger partial charge in [0, 0.05) is 54.6 Å². The minimum atomic E-state index is 0.171. The average Bonchev–Trinajstić information content (AvgIpc) is 3.39. The third-order valence-corrected chi connectivity index (χ3v) is 8.86. The molecule has 1 aromatic heterocycles. The van der Waals surface area contributed by atoms with Crippen LogP contribution in [0, 0.1) is 12.8 Å². The van der Waals surface area contributed by atoms with Gasteiger partial charge in [0.1, 0.15) is 0 Å². The van der Waals surface area contributed by atoms with Gasteiger partial charge in [-0.1, -0.05) is 49.0 Å². The van der Waals surface area contributed by atoms with Crippen LogP contribution in [0.15, 0.2) is 93.5 Å². The lowest BCUT2D eigenvalue weighted by Gasteiger charge is -2.34. The Kier molecular flexibility index (Phi) is 10.2. The Balaban J connectivity index is 1.40. The fourth-order valence-electron chi connectivity index (χ4n) is 4.80. The summed E-state index contributed by atoms with van der Waals surface area (Å²) in [5.74, 6) is 0.593. The molecule has 1 aliphatic rings. The number of halogens is 1. The van der Waals surface area contributed by atoms with Crippen LogP contribution in [0.1, 0.15) is 42.7 Å². The number of piperidine rings is 1. The van der Waals surface area contributed by atoms with Crippen molar-refractivity contribution in [1.29, 1.82) is 0 Å². The first kappa shape index (κ1) is 28.8. The monoisotopic (exact) mass is 560 g/mol. The number of benzene rings is 2. The Hall–Kier alpha value is -3.16. The molecule has 4 rings (SSSR count). The summed E-state index contributed by atoms with van der Waals surface area (Å²) in [5.41, 5.74) is 5.74. The lowest BCUT2D eigenvalue weighted by Crippen LogP contribution is -2.35. The predicted molar refractivity (Wildman–Crippen MR) is 170 cm³/mol. The quantitative estimate of drug-likeness (QED) is 0.253. The average molecular weight is 561 g/mol. The SMILES string of the molecule is C=C(c1cc2ccccc2s1)N1CCC(CN/C(C)=C/C(=N\C(C)=C(\C=NC)SF)c2ccccc2C)CC1.